The molecule has 0 amide bonds. The molecule has 1 aromatic carbocycles. The third kappa shape index (κ3) is 3.89. The highest BCUT2D eigenvalue weighted by atomic mass is 16.5. The summed E-state index contributed by atoms with van der Waals surface area (Å²) in [5.41, 5.74) is 7.54. The quantitative estimate of drug-likeness (QED) is 0.825. The van der Waals surface area contributed by atoms with Crippen LogP contribution in [0.4, 0.5) is 0 Å². The number of rotatable bonds is 5. The van der Waals surface area contributed by atoms with E-state index in [1.54, 1.807) is 14.2 Å². The first-order valence-corrected chi connectivity index (χ1v) is 7.72. The summed E-state index contributed by atoms with van der Waals surface area (Å²) in [4.78, 5) is 0. The summed E-state index contributed by atoms with van der Waals surface area (Å²) in [6.07, 6.45) is 9.26. The van der Waals surface area contributed by atoms with E-state index in [0.29, 0.717) is 0 Å². The van der Waals surface area contributed by atoms with Crippen LogP contribution in [0.3, 0.4) is 0 Å². The third-order valence-corrected chi connectivity index (χ3v) is 4.40. The topological polar surface area (TPSA) is 44.5 Å². The van der Waals surface area contributed by atoms with Gasteiger partial charge >= 0.3 is 0 Å². The van der Waals surface area contributed by atoms with E-state index < -0.39 is 0 Å². The van der Waals surface area contributed by atoms with Crippen molar-refractivity contribution in [2.75, 3.05) is 14.2 Å². The van der Waals surface area contributed by atoms with Gasteiger partial charge in [-0.25, -0.2) is 0 Å². The first-order valence-electron chi connectivity index (χ1n) is 7.72. The average Bonchev–Trinajstić information content (AvgIpc) is 2.75. The summed E-state index contributed by atoms with van der Waals surface area (Å²) in [7, 11) is 3.32. The van der Waals surface area contributed by atoms with Crippen LogP contribution in [0.15, 0.2) is 18.2 Å². The van der Waals surface area contributed by atoms with Gasteiger partial charge in [0.1, 0.15) is 0 Å². The lowest BCUT2D eigenvalue weighted by atomic mass is 9.90. The van der Waals surface area contributed by atoms with Gasteiger partial charge in [0.15, 0.2) is 11.5 Å². The first kappa shape index (κ1) is 15.2. The van der Waals surface area contributed by atoms with E-state index in [1.807, 2.05) is 12.1 Å². The molecule has 112 valence electrons. The summed E-state index contributed by atoms with van der Waals surface area (Å²) in [6, 6.07) is 6.11. The van der Waals surface area contributed by atoms with Crippen molar-refractivity contribution in [3.8, 4) is 11.5 Å². The van der Waals surface area contributed by atoms with Crippen LogP contribution in [0.25, 0.3) is 0 Å². The van der Waals surface area contributed by atoms with Crippen molar-refractivity contribution in [1.82, 2.24) is 0 Å². The van der Waals surface area contributed by atoms with Gasteiger partial charge in [-0.1, -0.05) is 44.6 Å². The van der Waals surface area contributed by atoms with Gasteiger partial charge in [0.2, 0.25) is 0 Å². The molecule has 0 radical (unpaired) electrons. The zero-order valence-corrected chi connectivity index (χ0v) is 12.7. The van der Waals surface area contributed by atoms with Gasteiger partial charge in [-0.2, -0.15) is 0 Å². The molecule has 0 spiro atoms. The molecule has 3 nitrogen and oxygen atoms in total. The number of nitrogens with two attached hydrogens (primary N) is 1. The van der Waals surface area contributed by atoms with Crippen molar-refractivity contribution in [3.63, 3.8) is 0 Å². The number of methoxy groups -OCH3 is 2. The molecule has 1 unspecified atom stereocenters. The van der Waals surface area contributed by atoms with Crippen LogP contribution in [0, 0.1) is 5.92 Å². The van der Waals surface area contributed by atoms with Gasteiger partial charge in [-0.05, 0) is 30.0 Å². The molecule has 0 aliphatic heterocycles. The lowest BCUT2D eigenvalue weighted by Gasteiger charge is -2.20. The summed E-state index contributed by atoms with van der Waals surface area (Å²) in [6.45, 7) is 0. The second kappa shape index (κ2) is 7.53. The molecule has 1 aliphatic rings. The summed E-state index contributed by atoms with van der Waals surface area (Å²) in [5.74, 6) is 2.31. The lowest BCUT2D eigenvalue weighted by molar-refractivity contribution is 0.352. The summed E-state index contributed by atoms with van der Waals surface area (Å²) >= 11 is 0. The van der Waals surface area contributed by atoms with Gasteiger partial charge in [0.25, 0.3) is 0 Å². The Morgan fingerprint density at radius 1 is 1.05 bits per heavy atom. The minimum absolute atomic E-state index is 0.0953. The molecular formula is C17H27NO2. The van der Waals surface area contributed by atoms with Crippen LogP contribution in [0.1, 0.15) is 56.6 Å². The first-order chi connectivity index (χ1) is 9.74. The van der Waals surface area contributed by atoms with E-state index in [0.717, 1.165) is 29.4 Å². The molecule has 0 aromatic heterocycles. The highest BCUT2D eigenvalue weighted by molar-refractivity contribution is 5.43. The van der Waals surface area contributed by atoms with Gasteiger partial charge in [-0.3, -0.25) is 0 Å². The van der Waals surface area contributed by atoms with Crippen molar-refractivity contribution >= 4 is 0 Å². The molecule has 0 saturated heterocycles. The fourth-order valence-corrected chi connectivity index (χ4v) is 3.18. The minimum atomic E-state index is 0.0953. The molecule has 1 atom stereocenters. The van der Waals surface area contributed by atoms with E-state index in [9.17, 15) is 0 Å². The fourth-order valence-electron chi connectivity index (χ4n) is 3.18. The summed E-state index contributed by atoms with van der Waals surface area (Å²) in [5, 5.41) is 0. The minimum Gasteiger partial charge on any atom is -0.493 e. The monoisotopic (exact) mass is 277 g/mol. The number of hydrogen-bond donors (Lipinski definition) is 1. The number of benzene rings is 1. The molecule has 2 N–H and O–H groups in total. The van der Waals surface area contributed by atoms with Crippen molar-refractivity contribution < 1.29 is 9.47 Å². The Balaban J connectivity index is 2.02. The van der Waals surface area contributed by atoms with Crippen LogP contribution >= 0.6 is 0 Å². The molecule has 3 heteroatoms. The van der Waals surface area contributed by atoms with Crippen LogP contribution in [-0.4, -0.2) is 14.2 Å². The van der Waals surface area contributed by atoms with Crippen molar-refractivity contribution in [1.29, 1.82) is 0 Å². The smallest absolute Gasteiger partial charge is 0.161 e. The second-order valence-corrected chi connectivity index (χ2v) is 5.81. The van der Waals surface area contributed by atoms with Gasteiger partial charge in [-0.15, -0.1) is 0 Å². The van der Waals surface area contributed by atoms with E-state index >= 15 is 0 Å². The van der Waals surface area contributed by atoms with Gasteiger partial charge in [0, 0.05) is 6.04 Å². The molecule has 1 saturated carbocycles. The highest BCUT2D eigenvalue weighted by Gasteiger charge is 2.18. The Hall–Kier alpha value is -1.22. The Morgan fingerprint density at radius 3 is 2.30 bits per heavy atom. The predicted molar refractivity (Wildman–Crippen MR) is 82.3 cm³/mol. The molecule has 1 aromatic rings. The SMILES string of the molecule is COc1ccc(C(N)CC2CCCCCC2)cc1OC. The Kier molecular flexibility index (Phi) is 5.72. The molecular weight excluding hydrogens is 250 g/mol. The van der Waals surface area contributed by atoms with Crippen molar-refractivity contribution in [2.24, 2.45) is 11.7 Å². The van der Waals surface area contributed by atoms with E-state index in [4.69, 9.17) is 15.2 Å². The molecule has 1 aliphatic carbocycles. The largest absolute Gasteiger partial charge is 0.493 e. The second-order valence-electron chi connectivity index (χ2n) is 5.81. The van der Waals surface area contributed by atoms with Crippen LogP contribution in [-0.2, 0) is 0 Å². The number of hydrogen-bond acceptors (Lipinski definition) is 3. The molecule has 0 bridgehead atoms. The van der Waals surface area contributed by atoms with Crippen LogP contribution in [0.5, 0.6) is 11.5 Å². The Labute approximate surface area is 122 Å². The standard InChI is InChI=1S/C17H27NO2/c1-19-16-10-9-14(12-17(16)20-2)15(18)11-13-7-5-3-4-6-8-13/h9-10,12-13,15H,3-8,11,18H2,1-2H3. The van der Waals surface area contributed by atoms with Gasteiger partial charge < -0.3 is 15.2 Å². The third-order valence-electron chi connectivity index (χ3n) is 4.40. The Morgan fingerprint density at radius 2 is 1.70 bits per heavy atom. The van der Waals surface area contributed by atoms with E-state index in [-0.39, 0.29) is 6.04 Å². The van der Waals surface area contributed by atoms with Crippen molar-refractivity contribution in [2.45, 2.75) is 51.0 Å². The highest BCUT2D eigenvalue weighted by Crippen LogP contribution is 2.33. The molecule has 0 heterocycles. The lowest BCUT2D eigenvalue weighted by Crippen LogP contribution is -2.15. The summed E-state index contributed by atoms with van der Waals surface area (Å²) < 4.78 is 10.6. The Bertz CT molecular complexity index is 411. The predicted octanol–water partition coefficient (Wildman–Crippen LogP) is 4.06. The van der Waals surface area contributed by atoms with Crippen LogP contribution < -0.4 is 15.2 Å². The fraction of sp³-hybridized carbons (Fsp3) is 0.647. The number of ether oxygens (including phenoxy) is 2. The maximum absolute atomic E-state index is 6.40. The molecule has 2 rings (SSSR count). The van der Waals surface area contributed by atoms with Crippen LogP contribution in [0.2, 0.25) is 0 Å². The maximum atomic E-state index is 6.40. The van der Waals surface area contributed by atoms with E-state index in [1.165, 1.54) is 38.5 Å². The zero-order valence-electron chi connectivity index (χ0n) is 12.7. The van der Waals surface area contributed by atoms with E-state index in [2.05, 4.69) is 6.07 Å². The average molecular weight is 277 g/mol. The zero-order chi connectivity index (χ0) is 14.4. The van der Waals surface area contributed by atoms with Crippen molar-refractivity contribution in [3.05, 3.63) is 23.8 Å². The molecule has 1 fully saturated rings. The maximum Gasteiger partial charge on any atom is 0.161 e. The molecule has 20 heavy (non-hydrogen) atoms. The van der Waals surface area contributed by atoms with Gasteiger partial charge in [0.05, 0.1) is 14.2 Å². The normalized spacial score (nSPS) is 18.4.